The van der Waals surface area contributed by atoms with Crippen molar-refractivity contribution in [2.75, 3.05) is 12.3 Å². The van der Waals surface area contributed by atoms with Crippen molar-refractivity contribution >= 4 is 8.58 Å². The molecule has 0 N–H and O–H groups in total. The molecule has 0 fully saturated rings. The molecular formula is C9H21P. The van der Waals surface area contributed by atoms with Crippen LogP contribution < -0.4 is 0 Å². The van der Waals surface area contributed by atoms with Gasteiger partial charge in [-0.3, -0.25) is 0 Å². The molecular weight excluding hydrogens is 139 g/mol. The first-order valence-electron chi connectivity index (χ1n) is 4.48. The van der Waals surface area contributed by atoms with Crippen LogP contribution in [-0.4, -0.2) is 12.3 Å². The minimum absolute atomic E-state index is 0.917. The standard InChI is InChI=1S/C9H21P/c1-4-5-6-7-10-8-9(2)3/h9-10H,4-8H2,1-3H3. The van der Waals surface area contributed by atoms with E-state index in [1.807, 2.05) is 0 Å². The molecule has 0 amide bonds. The highest BCUT2D eigenvalue weighted by Gasteiger charge is 1.92. The van der Waals surface area contributed by atoms with E-state index < -0.39 is 0 Å². The lowest BCUT2D eigenvalue weighted by Gasteiger charge is -2.03. The molecule has 0 saturated heterocycles. The summed E-state index contributed by atoms with van der Waals surface area (Å²) in [6.45, 7) is 6.89. The van der Waals surface area contributed by atoms with Gasteiger partial charge in [-0.15, -0.1) is 8.58 Å². The Morgan fingerprint density at radius 2 is 1.90 bits per heavy atom. The van der Waals surface area contributed by atoms with Gasteiger partial charge in [0, 0.05) is 0 Å². The average Bonchev–Trinajstić information content (AvgIpc) is 1.87. The van der Waals surface area contributed by atoms with Crippen LogP contribution in [0.2, 0.25) is 0 Å². The summed E-state index contributed by atoms with van der Waals surface area (Å²) in [4.78, 5) is 0. The summed E-state index contributed by atoms with van der Waals surface area (Å²) in [6.07, 6.45) is 7.19. The van der Waals surface area contributed by atoms with Gasteiger partial charge in [0.25, 0.3) is 0 Å². The lowest BCUT2D eigenvalue weighted by atomic mass is 10.3. The molecule has 0 bridgehead atoms. The molecule has 10 heavy (non-hydrogen) atoms. The van der Waals surface area contributed by atoms with Crippen LogP contribution in [0.15, 0.2) is 0 Å². The highest BCUT2D eigenvalue weighted by Crippen LogP contribution is 2.16. The smallest absolute Gasteiger partial charge is 0.0330 e. The van der Waals surface area contributed by atoms with Crippen molar-refractivity contribution in [3.05, 3.63) is 0 Å². The molecule has 62 valence electrons. The molecule has 0 aliphatic carbocycles. The topological polar surface area (TPSA) is 0 Å². The molecule has 0 nitrogen and oxygen atoms in total. The molecule has 0 aromatic heterocycles. The Morgan fingerprint density at radius 3 is 2.40 bits per heavy atom. The fourth-order valence-corrected chi connectivity index (χ4v) is 2.17. The SMILES string of the molecule is CCCCCPCC(C)C. The lowest BCUT2D eigenvalue weighted by molar-refractivity contribution is 0.740. The second-order valence-electron chi connectivity index (χ2n) is 3.31. The van der Waals surface area contributed by atoms with Gasteiger partial charge < -0.3 is 0 Å². The fourth-order valence-electron chi connectivity index (χ4n) is 0.891. The van der Waals surface area contributed by atoms with Gasteiger partial charge in [-0.05, 0) is 24.7 Å². The highest BCUT2D eigenvalue weighted by atomic mass is 31.1. The Hall–Kier alpha value is 0.430. The minimum Gasteiger partial charge on any atom is -0.122 e. The van der Waals surface area contributed by atoms with Crippen LogP contribution in [0, 0.1) is 5.92 Å². The van der Waals surface area contributed by atoms with E-state index in [9.17, 15) is 0 Å². The second-order valence-corrected chi connectivity index (χ2v) is 4.71. The molecule has 0 aromatic carbocycles. The molecule has 0 rings (SSSR count). The quantitative estimate of drug-likeness (QED) is 0.412. The first-order chi connectivity index (χ1) is 4.77. The van der Waals surface area contributed by atoms with Crippen molar-refractivity contribution in [2.45, 2.75) is 40.0 Å². The van der Waals surface area contributed by atoms with Crippen LogP contribution in [0.25, 0.3) is 0 Å². The predicted molar refractivity (Wildman–Crippen MR) is 52.4 cm³/mol. The molecule has 0 aliphatic rings. The number of hydrogen-bond acceptors (Lipinski definition) is 0. The largest absolute Gasteiger partial charge is 0.122 e. The van der Waals surface area contributed by atoms with Crippen LogP contribution in [0.5, 0.6) is 0 Å². The first-order valence-corrected chi connectivity index (χ1v) is 5.89. The van der Waals surface area contributed by atoms with Gasteiger partial charge in [-0.25, -0.2) is 0 Å². The molecule has 0 aliphatic heterocycles. The Kier molecular flexibility index (Phi) is 7.86. The predicted octanol–water partition coefficient (Wildman–Crippen LogP) is 3.51. The highest BCUT2D eigenvalue weighted by molar-refractivity contribution is 7.37. The van der Waals surface area contributed by atoms with Gasteiger partial charge in [-0.2, -0.15) is 0 Å². The maximum absolute atomic E-state index is 2.31. The summed E-state index contributed by atoms with van der Waals surface area (Å²) in [5.41, 5.74) is 0. The summed E-state index contributed by atoms with van der Waals surface area (Å²) in [7, 11) is 1.22. The third-order valence-electron chi connectivity index (χ3n) is 1.51. The van der Waals surface area contributed by atoms with Gasteiger partial charge in [0.2, 0.25) is 0 Å². The summed E-state index contributed by atoms with van der Waals surface area (Å²) in [6, 6.07) is 0. The average molecular weight is 160 g/mol. The van der Waals surface area contributed by atoms with Gasteiger partial charge in [0.05, 0.1) is 0 Å². The number of hydrogen-bond donors (Lipinski definition) is 0. The van der Waals surface area contributed by atoms with Crippen molar-refractivity contribution < 1.29 is 0 Å². The zero-order valence-corrected chi connectivity index (χ0v) is 8.61. The molecule has 0 radical (unpaired) electrons. The Bertz CT molecular complexity index is 59.7. The van der Waals surface area contributed by atoms with E-state index in [-0.39, 0.29) is 0 Å². The molecule has 0 aromatic rings. The van der Waals surface area contributed by atoms with Crippen LogP contribution in [0.1, 0.15) is 40.0 Å². The number of unbranched alkanes of at least 4 members (excludes halogenated alkanes) is 2. The van der Waals surface area contributed by atoms with Crippen LogP contribution in [0.4, 0.5) is 0 Å². The van der Waals surface area contributed by atoms with Crippen LogP contribution in [-0.2, 0) is 0 Å². The van der Waals surface area contributed by atoms with Crippen molar-refractivity contribution in [2.24, 2.45) is 5.92 Å². The van der Waals surface area contributed by atoms with Crippen molar-refractivity contribution in [3.8, 4) is 0 Å². The third kappa shape index (κ3) is 8.43. The molecule has 0 spiro atoms. The van der Waals surface area contributed by atoms with Crippen molar-refractivity contribution in [3.63, 3.8) is 0 Å². The van der Waals surface area contributed by atoms with E-state index in [2.05, 4.69) is 20.8 Å². The summed E-state index contributed by atoms with van der Waals surface area (Å²) < 4.78 is 0. The van der Waals surface area contributed by atoms with E-state index in [4.69, 9.17) is 0 Å². The first kappa shape index (κ1) is 10.4. The Labute approximate surface area is 67.6 Å². The molecule has 1 heteroatoms. The van der Waals surface area contributed by atoms with Gasteiger partial charge in [0.15, 0.2) is 0 Å². The van der Waals surface area contributed by atoms with Gasteiger partial charge in [0.1, 0.15) is 0 Å². The van der Waals surface area contributed by atoms with E-state index in [0.29, 0.717) is 0 Å². The molecule has 1 atom stereocenters. The van der Waals surface area contributed by atoms with Crippen molar-refractivity contribution in [1.29, 1.82) is 0 Å². The zero-order valence-electron chi connectivity index (χ0n) is 7.61. The lowest BCUT2D eigenvalue weighted by Crippen LogP contribution is -1.89. The molecule has 0 saturated carbocycles. The normalized spacial score (nSPS) is 12.0. The molecule has 0 heterocycles. The number of rotatable bonds is 6. The van der Waals surface area contributed by atoms with Crippen LogP contribution in [0.3, 0.4) is 0 Å². The zero-order chi connectivity index (χ0) is 7.82. The fraction of sp³-hybridized carbons (Fsp3) is 1.00. The maximum Gasteiger partial charge on any atom is -0.0330 e. The minimum atomic E-state index is 0.917. The van der Waals surface area contributed by atoms with Gasteiger partial charge >= 0.3 is 0 Å². The third-order valence-corrected chi connectivity index (χ3v) is 3.32. The van der Waals surface area contributed by atoms with Crippen LogP contribution >= 0.6 is 8.58 Å². The monoisotopic (exact) mass is 160 g/mol. The second kappa shape index (κ2) is 7.54. The van der Waals surface area contributed by atoms with Gasteiger partial charge in [-0.1, -0.05) is 33.6 Å². The van der Waals surface area contributed by atoms with Crippen molar-refractivity contribution in [1.82, 2.24) is 0 Å². The maximum atomic E-state index is 2.31. The van der Waals surface area contributed by atoms with E-state index >= 15 is 0 Å². The molecule has 1 unspecified atom stereocenters. The van der Waals surface area contributed by atoms with E-state index in [0.717, 1.165) is 5.92 Å². The van der Waals surface area contributed by atoms with E-state index in [1.165, 1.54) is 40.2 Å². The Balaban J connectivity index is 2.77. The summed E-state index contributed by atoms with van der Waals surface area (Å²) >= 11 is 0. The summed E-state index contributed by atoms with van der Waals surface area (Å²) in [5.74, 6) is 0.917. The Morgan fingerprint density at radius 1 is 1.20 bits per heavy atom. The summed E-state index contributed by atoms with van der Waals surface area (Å²) in [5, 5.41) is 0. The van der Waals surface area contributed by atoms with E-state index in [1.54, 1.807) is 0 Å².